The van der Waals surface area contributed by atoms with Crippen LogP contribution >= 0.6 is 11.3 Å². The van der Waals surface area contributed by atoms with Crippen LogP contribution in [0.3, 0.4) is 0 Å². The molecule has 10 heteroatoms. The molecule has 2 amide bonds. The van der Waals surface area contributed by atoms with Gasteiger partial charge in [0, 0.05) is 57.7 Å². The van der Waals surface area contributed by atoms with Crippen LogP contribution in [0.25, 0.3) is 10.2 Å². The molecule has 2 aliphatic heterocycles. The van der Waals surface area contributed by atoms with Crippen LogP contribution in [0.1, 0.15) is 41.8 Å². The van der Waals surface area contributed by atoms with Gasteiger partial charge >= 0.3 is 0 Å². The van der Waals surface area contributed by atoms with Crippen molar-refractivity contribution >= 4 is 45.1 Å². The fourth-order valence-electron chi connectivity index (χ4n) is 4.42. The van der Waals surface area contributed by atoms with Crippen LogP contribution in [0.15, 0.2) is 24.3 Å². The van der Waals surface area contributed by atoms with Gasteiger partial charge in [0.1, 0.15) is 11.5 Å². The van der Waals surface area contributed by atoms with E-state index < -0.39 is 0 Å². The fraction of sp³-hybridized carbons (Fsp3) is 0.458. The van der Waals surface area contributed by atoms with Gasteiger partial charge in [-0.2, -0.15) is 4.98 Å². The van der Waals surface area contributed by atoms with Crippen LogP contribution in [0.4, 0.5) is 11.8 Å². The Morgan fingerprint density at radius 1 is 1.12 bits per heavy atom. The molecule has 0 unspecified atom stereocenters. The predicted octanol–water partition coefficient (Wildman–Crippen LogP) is 2.77. The Kier molecular flexibility index (Phi) is 6.07. The molecule has 3 aromatic rings. The normalized spacial score (nSPS) is 16.0. The Balaban J connectivity index is 1.37. The van der Waals surface area contributed by atoms with Crippen LogP contribution in [0, 0.1) is 0 Å². The molecule has 0 aliphatic carbocycles. The van der Waals surface area contributed by atoms with E-state index in [1.165, 1.54) is 4.70 Å². The summed E-state index contributed by atoms with van der Waals surface area (Å²) in [5.41, 5.74) is 2.36. The van der Waals surface area contributed by atoms with E-state index in [9.17, 15) is 9.59 Å². The van der Waals surface area contributed by atoms with Crippen molar-refractivity contribution in [2.75, 3.05) is 42.9 Å². The lowest BCUT2D eigenvalue weighted by molar-refractivity contribution is -0.129. The Morgan fingerprint density at radius 2 is 1.88 bits per heavy atom. The van der Waals surface area contributed by atoms with Crippen LogP contribution in [0.2, 0.25) is 0 Å². The maximum atomic E-state index is 13.1. The van der Waals surface area contributed by atoms with Crippen molar-refractivity contribution in [1.82, 2.24) is 24.8 Å². The zero-order valence-electron chi connectivity index (χ0n) is 19.7. The second-order valence-electron chi connectivity index (χ2n) is 8.97. The monoisotopic (exact) mass is 479 g/mol. The van der Waals surface area contributed by atoms with Crippen molar-refractivity contribution < 1.29 is 9.59 Å². The van der Waals surface area contributed by atoms with E-state index in [1.807, 2.05) is 41.8 Å². The van der Waals surface area contributed by atoms with E-state index in [1.54, 1.807) is 18.3 Å². The standard InChI is InChI=1S/C24H29N7O2S/c1-15(2)31-14-17-21(23(31)33)27-24(30-12-10-29(11-13-30)16(3)32)28-22(17)25-9-8-20-26-18-6-4-5-7-19(18)34-20/h4-7,15H,8-14H2,1-3H3,(H,25,27,28). The SMILES string of the molecule is CC(=O)N1CCN(c2nc(NCCc3nc4ccccc4s3)c3c(n2)C(=O)N(C(C)C)C3)CC1. The first kappa shape index (κ1) is 22.5. The molecule has 1 fully saturated rings. The third kappa shape index (κ3) is 4.29. The molecule has 2 aliphatic rings. The number of carbonyl (C=O) groups excluding carboxylic acids is 2. The summed E-state index contributed by atoms with van der Waals surface area (Å²) in [6.07, 6.45) is 0.770. The molecule has 9 nitrogen and oxygen atoms in total. The average molecular weight is 480 g/mol. The van der Waals surface area contributed by atoms with E-state index >= 15 is 0 Å². The van der Waals surface area contributed by atoms with Crippen molar-refractivity contribution in [2.24, 2.45) is 0 Å². The van der Waals surface area contributed by atoms with Gasteiger partial charge in [0.15, 0.2) is 0 Å². The molecule has 1 aromatic carbocycles. The van der Waals surface area contributed by atoms with Gasteiger partial charge in [0.2, 0.25) is 11.9 Å². The number of piperazine rings is 1. The maximum absolute atomic E-state index is 13.1. The fourth-order valence-corrected chi connectivity index (χ4v) is 5.38. The Bertz CT molecular complexity index is 1200. The third-order valence-electron chi connectivity index (χ3n) is 6.39. The van der Waals surface area contributed by atoms with Crippen molar-refractivity contribution in [3.05, 3.63) is 40.5 Å². The van der Waals surface area contributed by atoms with E-state index in [-0.39, 0.29) is 17.9 Å². The smallest absolute Gasteiger partial charge is 0.273 e. The quantitative estimate of drug-likeness (QED) is 0.581. The molecule has 2 aromatic heterocycles. The first-order valence-corrected chi connectivity index (χ1v) is 12.5. The van der Waals surface area contributed by atoms with E-state index in [0.717, 1.165) is 22.5 Å². The number of rotatable bonds is 6. The average Bonchev–Trinajstić information content (AvgIpc) is 3.40. The number of anilines is 2. The zero-order valence-corrected chi connectivity index (χ0v) is 20.6. The van der Waals surface area contributed by atoms with E-state index in [4.69, 9.17) is 9.97 Å². The molecule has 1 N–H and O–H groups in total. The summed E-state index contributed by atoms with van der Waals surface area (Å²) in [5, 5.41) is 4.54. The number of benzene rings is 1. The molecule has 178 valence electrons. The number of carbonyl (C=O) groups is 2. The van der Waals surface area contributed by atoms with Gasteiger partial charge in [-0.3, -0.25) is 9.59 Å². The molecule has 0 saturated carbocycles. The van der Waals surface area contributed by atoms with Crippen molar-refractivity contribution in [1.29, 1.82) is 0 Å². The highest BCUT2D eigenvalue weighted by atomic mass is 32.1. The number of nitrogens with one attached hydrogen (secondary N) is 1. The van der Waals surface area contributed by atoms with Gasteiger partial charge in [-0.05, 0) is 26.0 Å². The number of fused-ring (bicyclic) bond motifs is 2. The summed E-state index contributed by atoms with van der Waals surface area (Å²) in [4.78, 5) is 44.7. The maximum Gasteiger partial charge on any atom is 0.273 e. The lowest BCUT2D eigenvalue weighted by Gasteiger charge is -2.34. The number of thiazole rings is 1. The van der Waals surface area contributed by atoms with Gasteiger partial charge in [-0.25, -0.2) is 9.97 Å². The second kappa shape index (κ2) is 9.17. The molecule has 0 bridgehead atoms. The zero-order chi connectivity index (χ0) is 23.8. The highest BCUT2D eigenvalue weighted by Crippen LogP contribution is 2.31. The molecule has 0 atom stereocenters. The number of para-hydroxylation sites is 1. The minimum absolute atomic E-state index is 0.0507. The van der Waals surface area contributed by atoms with Crippen LogP contribution in [-0.4, -0.2) is 75.3 Å². The van der Waals surface area contributed by atoms with Crippen LogP contribution < -0.4 is 10.2 Å². The lowest BCUT2D eigenvalue weighted by Crippen LogP contribution is -2.48. The first-order chi connectivity index (χ1) is 16.4. The lowest BCUT2D eigenvalue weighted by atomic mass is 10.2. The topological polar surface area (TPSA) is 94.6 Å². The summed E-state index contributed by atoms with van der Waals surface area (Å²) in [6, 6.07) is 8.24. The third-order valence-corrected chi connectivity index (χ3v) is 7.48. The van der Waals surface area contributed by atoms with Crippen molar-refractivity contribution in [2.45, 2.75) is 39.8 Å². The molecule has 0 spiro atoms. The van der Waals surface area contributed by atoms with E-state index in [2.05, 4.69) is 21.3 Å². The summed E-state index contributed by atoms with van der Waals surface area (Å²) in [6.45, 7) is 9.33. The minimum Gasteiger partial charge on any atom is -0.369 e. The second-order valence-corrected chi connectivity index (χ2v) is 10.1. The molecule has 4 heterocycles. The number of nitrogens with zero attached hydrogens (tertiary/aromatic N) is 6. The highest BCUT2D eigenvalue weighted by molar-refractivity contribution is 7.18. The van der Waals surface area contributed by atoms with Crippen LogP contribution in [0.5, 0.6) is 0 Å². The van der Waals surface area contributed by atoms with Crippen molar-refractivity contribution in [3.8, 4) is 0 Å². The number of hydrogen-bond acceptors (Lipinski definition) is 8. The summed E-state index contributed by atoms with van der Waals surface area (Å²) >= 11 is 1.70. The summed E-state index contributed by atoms with van der Waals surface area (Å²) in [7, 11) is 0. The van der Waals surface area contributed by atoms with Crippen molar-refractivity contribution in [3.63, 3.8) is 0 Å². The summed E-state index contributed by atoms with van der Waals surface area (Å²) in [5.74, 6) is 1.29. The van der Waals surface area contributed by atoms with Gasteiger partial charge < -0.3 is 20.0 Å². The van der Waals surface area contributed by atoms with Gasteiger partial charge in [0.25, 0.3) is 5.91 Å². The largest absolute Gasteiger partial charge is 0.369 e. The molecule has 1 saturated heterocycles. The first-order valence-electron chi connectivity index (χ1n) is 11.7. The predicted molar refractivity (Wildman–Crippen MR) is 133 cm³/mol. The van der Waals surface area contributed by atoms with Gasteiger partial charge in [0.05, 0.1) is 21.8 Å². The molecule has 34 heavy (non-hydrogen) atoms. The number of amides is 2. The Labute approximate surface area is 202 Å². The number of hydrogen-bond donors (Lipinski definition) is 1. The van der Waals surface area contributed by atoms with Gasteiger partial charge in [-0.15, -0.1) is 11.3 Å². The van der Waals surface area contributed by atoms with Crippen LogP contribution in [-0.2, 0) is 17.8 Å². The number of aromatic nitrogens is 3. The minimum atomic E-state index is -0.0507. The molecule has 0 radical (unpaired) electrons. The molecular formula is C24H29N7O2S. The van der Waals surface area contributed by atoms with E-state index in [0.29, 0.717) is 56.7 Å². The van der Waals surface area contributed by atoms with Gasteiger partial charge in [-0.1, -0.05) is 12.1 Å². The molecule has 5 rings (SSSR count). The Morgan fingerprint density at radius 3 is 2.59 bits per heavy atom. The highest BCUT2D eigenvalue weighted by Gasteiger charge is 2.35. The Hall–Kier alpha value is -3.27. The summed E-state index contributed by atoms with van der Waals surface area (Å²) < 4.78 is 1.19. The molecular weight excluding hydrogens is 450 g/mol.